The quantitative estimate of drug-likeness (QED) is 0.418. The Balaban J connectivity index is 1.92. The minimum absolute atomic E-state index is 0.760. The summed E-state index contributed by atoms with van der Waals surface area (Å²) in [6.45, 7) is 4.54. The molecule has 27 heavy (non-hydrogen) atoms. The lowest BCUT2D eigenvalue weighted by molar-refractivity contribution is 0.354. The summed E-state index contributed by atoms with van der Waals surface area (Å²) in [5, 5.41) is 3.38. The highest BCUT2D eigenvalue weighted by molar-refractivity contribution is 5.79. The number of nitrogens with one attached hydrogen (secondary N) is 1. The molecular weight excluding hydrogens is 340 g/mol. The van der Waals surface area contributed by atoms with Crippen LogP contribution in [0.25, 0.3) is 0 Å². The topological polar surface area (TPSA) is 51.0 Å². The van der Waals surface area contributed by atoms with Crippen LogP contribution in [0.2, 0.25) is 0 Å². The molecule has 0 unspecified atom stereocenters. The van der Waals surface area contributed by atoms with Gasteiger partial charge in [0.05, 0.1) is 20.8 Å². The van der Waals surface area contributed by atoms with E-state index in [-0.39, 0.29) is 0 Å². The molecule has 6 nitrogen and oxygen atoms in total. The molecular formula is C21H32N4O2. The Morgan fingerprint density at radius 1 is 1.19 bits per heavy atom. The second kappa shape index (κ2) is 10.5. The summed E-state index contributed by atoms with van der Waals surface area (Å²) in [6, 6.07) is 10.3. The highest BCUT2D eigenvalue weighted by Gasteiger charge is 2.08. The molecule has 2 rings (SSSR count). The lowest BCUT2D eigenvalue weighted by Crippen LogP contribution is -2.38. The van der Waals surface area contributed by atoms with Gasteiger partial charge in [-0.2, -0.15) is 0 Å². The zero-order chi connectivity index (χ0) is 19.6. The van der Waals surface area contributed by atoms with Crippen molar-refractivity contribution in [2.24, 2.45) is 12.0 Å². The molecule has 0 aliphatic heterocycles. The molecule has 0 amide bonds. The highest BCUT2D eigenvalue weighted by Crippen LogP contribution is 2.27. The summed E-state index contributed by atoms with van der Waals surface area (Å²) in [6.07, 6.45) is 3.99. The van der Waals surface area contributed by atoms with Crippen LogP contribution < -0.4 is 14.8 Å². The summed E-state index contributed by atoms with van der Waals surface area (Å²) in [4.78, 5) is 6.94. The summed E-state index contributed by atoms with van der Waals surface area (Å²) in [5.41, 5.74) is 2.48. The number of ether oxygens (including phenoxy) is 2. The van der Waals surface area contributed by atoms with E-state index in [1.54, 1.807) is 14.2 Å². The van der Waals surface area contributed by atoms with E-state index >= 15 is 0 Å². The van der Waals surface area contributed by atoms with Gasteiger partial charge >= 0.3 is 0 Å². The van der Waals surface area contributed by atoms with Gasteiger partial charge in [-0.05, 0) is 49.6 Å². The number of nitrogens with zero attached hydrogens (tertiary/aromatic N) is 3. The Morgan fingerprint density at radius 3 is 2.59 bits per heavy atom. The van der Waals surface area contributed by atoms with Crippen LogP contribution in [0.4, 0.5) is 0 Å². The highest BCUT2D eigenvalue weighted by atomic mass is 16.5. The monoisotopic (exact) mass is 372 g/mol. The maximum Gasteiger partial charge on any atom is 0.194 e. The first-order valence-corrected chi connectivity index (χ1v) is 9.39. The van der Waals surface area contributed by atoms with E-state index < -0.39 is 0 Å². The Morgan fingerprint density at radius 2 is 1.96 bits per heavy atom. The first-order valence-electron chi connectivity index (χ1n) is 9.39. The number of aromatic nitrogens is 1. The number of benzene rings is 1. The van der Waals surface area contributed by atoms with Crippen molar-refractivity contribution in [3.05, 3.63) is 47.8 Å². The van der Waals surface area contributed by atoms with Gasteiger partial charge in [-0.3, -0.25) is 4.99 Å². The van der Waals surface area contributed by atoms with Crippen LogP contribution in [0.5, 0.6) is 11.5 Å². The third-order valence-electron chi connectivity index (χ3n) is 4.48. The predicted molar refractivity (Wildman–Crippen MR) is 111 cm³/mol. The molecule has 0 radical (unpaired) electrons. The van der Waals surface area contributed by atoms with Crippen LogP contribution >= 0.6 is 0 Å². The molecule has 0 aliphatic carbocycles. The minimum Gasteiger partial charge on any atom is -0.493 e. The van der Waals surface area contributed by atoms with Gasteiger partial charge < -0.3 is 24.3 Å². The van der Waals surface area contributed by atoms with Crippen molar-refractivity contribution in [3.8, 4) is 11.5 Å². The van der Waals surface area contributed by atoms with Gasteiger partial charge in [0.25, 0.3) is 0 Å². The molecule has 0 saturated carbocycles. The molecule has 0 atom stereocenters. The van der Waals surface area contributed by atoms with E-state index in [0.29, 0.717) is 0 Å². The van der Waals surface area contributed by atoms with E-state index in [2.05, 4.69) is 60.2 Å². The lowest BCUT2D eigenvalue weighted by atomic mass is 10.1. The third-order valence-corrected chi connectivity index (χ3v) is 4.48. The fraction of sp³-hybridized carbons (Fsp3) is 0.476. The summed E-state index contributed by atoms with van der Waals surface area (Å²) in [5.74, 6) is 2.47. The Kier molecular flexibility index (Phi) is 8.04. The molecule has 2 aromatic rings. The van der Waals surface area contributed by atoms with Gasteiger partial charge in [-0.25, -0.2) is 0 Å². The van der Waals surface area contributed by atoms with E-state index in [0.717, 1.165) is 49.9 Å². The SMILES string of the molecule is CCNC(=NCCCc1ccc(OC)c(OC)c1)N(C)Cc1cccn1C. The molecule has 1 heterocycles. The van der Waals surface area contributed by atoms with Crippen molar-refractivity contribution >= 4 is 5.96 Å². The largest absolute Gasteiger partial charge is 0.493 e. The van der Waals surface area contributed by atoms with Gasteiger partial charge in [-0.15, -0.1) is 0 Å². The molecule has 0 fully saturated rings. The average Bonchev–Trinajstić information content (AvgIpc) is 3.08. The summed E-state index contributed by atoms with van der Waals surface area (Å²) < 4.78 is 12.8. The predicted octanol–water partition coefficient (Wildman–Crippen LogP) is 3.07. The van der Waals surface area contributed by atoms with Gasteiger partial charge in [-0.1, -0.05) is 6.07 Å². The van der Waals surface area contributed by atoms with Crippen molar-refractivity contribution < 1.29 is 9.47 Å². The first-order chi connectivity index (χ1) is 13.1. The summed E-state index contributed by atoms with van der Waals surface area (Å²) >= 11 is 0. The number of aliphatic imine (C=N–C) groups is 1. The zero-order valence-electron chi connectivity index (χ0n) is 17.2. The van der Waals surface area contributed by atoms with Crippen LogP contribution in [0, 0.1) is 0 Å². The van der Waals surface area contributed by atoms with Crippen LogP contribution in [-0.2, 0) is 20.0 Å². The molecule has 6 heteroatoms. The molecule has 0 aliphatic rings. The van der Waals surface area contributed by atoms with Crippen molar-refractivity contribution in [2.45, 2.75) is 26.3 Å². The molecule has 0 saturated heterocycles. The van der Waals surface area contributed by atoms with Gasteiger partial charge in [0.1, 0.15) is 0 Å². The molecule has 148 valence electrons. The normalized spacial score (nSPS) is 11.4. The van der Waals surface area contributed by atoms with Crippen molar-refractivity contribution in [2.75, 3.05) is 34.4 Å². The smallest absolute Gasteiger partial charge is 0.194 e. The van der Waals surface area contributed by atoms with Gasteiger partial charge in [0.15, 0.2) is 17.5 Å². The number of aryl methyl sites for hydroxylation is 2. The van der Waals surface area contributed by atoms with Crippen LogP contribution in [0.1, 0.15) is 24.6 Å². The van der Waals surface area contributed by atoms with Crippen molar-refractivity contribution in [1.29, 1.82) is 0 Å². The standard InChI is InChI=1S/C21H32N4O2/c1-6-22-21(25(3)16-18-10-8-14-24(18)2)23-13-7-9-17-11-12-19(26-4)20(15-17)27-5/h8,10-12,14-15H,6-7,9,13,16H2,1-5H3,(H,22,23). The number of guanidine groups is 1. The zero-order valence-corrected chi connectivity index (χ0v) is 17.2. The Hall–Kier alpha value is -2.63. The maximum absolute atomic E-state index is 5.37. The average molecular weight is 373 g/mol. The van der Waals surface area contributed by atoms with Crippen molar-refractivity contribution in [3.63, 3.8) is 0 Å². The Bertz CT molecular complexity index is 740. The van der Waals surface area contributed by atoms with E-state index in [4.69, 9.17) is 14.5 Å². The number of hydrogen-bond donors (Lipinski definition) is 1. The van der Waals surface area contributed by atoms with E-state index in [1.165, 1.54) is 11.3 Å². The van der Waals surface area contributed by atoms with E-state index in [9.17, 15) is 0 Å². The molecule has 1 aromatic heterocycles. The fourth-order valence-electron chi connectivity index (χ4n) is 2.95. The van der Waals surface area contributed by atoms with Crippen LogP contribution in [0.3, 0.4) is 0 Å². The fourth-order valence-corrected chi connectivity index (χ4v) is 2.95. The maximum atomic E-state index is 5.37. The first kappa shape index (κ1) is 20.7. The molecule has 1 aromatic carbocycles. The second-order valence-corrected chi connectivity index (χ2v) is 6.50. The number of hydrogen-bond acceptors (Lipinski definition) is 3. The van der Waals surface area contributed by atoms with Gasteiger partial charge in [0, 0.05) is 39.1 Å². The van der Waals surface area contributed by atoms with Crippen molar-refractivity contribution in [1.82, 2.24) is 14.8 Å². The second-order valence-electron chi connectivity index (χ2n) is 6.50. The van der Waals surface area contributed by atoms with E-state index in [1.807, 2.05) is 12.1 Å². The summed E-state index contributed by atoms with van der Waals surface area (Å²) in [7, 11) is 7.46. The minimum atomic E-state index is 0.760. The lowest BCUT2D eigenvalue weighted by Gasteiger charge is -2.22. The van der Waals surface area contributed by atoms with Crippen LogP contribution in [-0.4, -0.2) is 49.8 Å². The number of rotatable bonds is 9. The van der Waals surface area contributed by atoms with Gasteiger partial charge in [0.2, 0.25) is 0 Å². The molecule has 1 N–H and O–H groups in total. The molecule has 0 bridgehead atoms. The number of methoxy groups -OCH3 is 2. The Labute approximate surface area is 162 Å². The molecule has 0 spiro atoms. The third kappa shape index (κ3) is 5.94. The van der Waals surface area contributed by atoms with Crippen LogP contribution in [0.15, 0.2) is 41.5 Å².